The zero-order valence-corrected chi connectivity index (χ0v) is 24.6. The fourth-order valence-corrected chi connectivity index (χ4v) is 4.77. The van der Waals surface area contributed by atoms with E-state index in [0.29, 0.717) is 48.1 Å². The lowest BCUT2D eigenvalue weighted by Crippen LogP contribution is -2.42. The molecule has 1 amide bonds. The Labute approximate surface area is 228 Å². The Balaban J connectivity index is 1.78. The monoisotopic (exact) mass is 535 g/mol. The van der Waals surface area contributed by atoms with Gasteiger partial charge in [-0.3, -0.25) is 4.79 Å². The summed E-state index contributed by atoms with van der Waals surface area (Å²) in [6, 6.07) is 20.8. The van der Waals surface area contributed by atoms with Gasteiger partial charge >= 0.3 is 0 Å². The first-order valence-corrected chi connectivity index (χ1v) is 15.7. The van der Waals surface area contributed by atoms with Crippen LogP contribution in [0, 0.1) is 0 Å². The molecule has 0 saturated carbocycles. The van der Waals surface area contributed by atoms with Crippen LogP contribution in [0.4, 0.5) is 17.1 Å². The Morgan fingerprint density at radius 1 is 0.947 bits per heavy atom. The minimum Gasteiger partial charge on any atom is -0.493 e. The summed E-state index contributed by atoms with van der Waals surface area (Å²) >= 11 is 0. The van der Waals surface area contributed by atoms with Gasteiger partial charge in [0.15, 0.2) is 19.8 Å². The van der Waals surface area contributed by atoms with E-state index in [-0.39, 0.29) is 10.9 Å². The van der Waals surface area contributed by atoms with Crippen molar-refractivity contribution in [2.75, 3.05) is 43.3 Å². The number of anilines is 3. The molecule has 3 aromatic carbocycles. The first-order chi connectivity index (χ1) is 17.9. The number of hydrogen-bond donors (Lipinski definition) is 2. The van der Waals surface area contributed by atoms with E-state index in [1.165, 1.54) is 0 Å². The number of benzene rings is 3. The Morgan fingerprint density at radius 2 is 1.61 bits per heavy atom. The molecular weight excluding hydrogens is 494 g/mol. The van der Waals surface area contributed by atoms with Crippen LogP contribution >= 0.6 is 0 Å². The third kappa shape index (κ3) is 7.30. The Bertz CT molecular complexity index is 1220. The molecule has 0 aliphatic rings. The molecular formula is C30H41N3O4Si. The summed E-state index contributed by atoms with van der Waals surface area (Å²) < 4.78 is 17.5. The predicted molar refractivity (Wildman–Crippen MR) is 159 cm³/mol. The van der Waals surface area contributed by atoms with Crippen molar-refractivity contribution in [3.8, 4) is 11.5 Å². The Kier molecular flexibility index (Phi) is 9.46. The van der Waals surface area contributed by atoms with Gasteiger partial charge in [0.25, 0.3) is 5.91 Å². The molecule has 3 N–H and O–H groups in total. The molecule has 0 atom stereocenters. The van der Waals surface area contributed by atoms with Crippen molar-refractivity contribution in [2.24, 2.45) is 0 Å². The molecule has 204 valence electrons. The molecule has 0 fully saturated rings. The van der Waals surface area contributed by atoms with E-state index in [4.69, 9.17) is 19.6 Å². The Hall–Kier alpha value is -3.49. The first-order valence-electron chi connectivity index (χ1n) is 12.8. The first kappa shape index (κ1) is 29.1. The van der Waals surface area contributed by atoms with Crippen molar-refractivity contribution < 1.29 is 18.7 Å². The van der Waals surface area contributed by atoms with E-state index in [1.807, 2.05) is 54.6 Å². The molecule has 0 unspecified atom stereocenters. The van der Waals surface area contributed by atoms with E-state index in [2.05, 4.69) is 44.1 Å². The lowest BCUT2D eigenvalue weighted by atomic mass is 10.1. The van der Waals surface area contributed by atoms with Crippen molar-refractivity contribution in [1.29, 1.82) is 0 Å². The highest BCUT2D eigenvalue weighted by Gasteiger charge is 2.37. The zero-order chi connectivity index (χ0) is 27.9. The molecule has 38 heavy (non-hydrogen) atoms. The van der Waals surface area contributed by atoms with E-state index >= 15 is 0 Å². The smallest absolute Gasteiger partial charge is 0.255 e. The van der Waals surface area contributed by atoms with Crippen LogP contribution < -0.4 is 25.4 Å². The number of ether oxygens (including phenoxy) is 2. The van der Waals surface area contributed by atoms with Crippen LogP contribution in [0.15, 0.2) is 66.7 Å². The number of carbonyl (C=O) groups excluding carboxylic acids is 1. The molecule has 3 aromatic rings. The normalized spacial score (nSPS) is 11.7. The summed E-state index contributed by atoms with van der Waals surface area (Å²) in [6.45, 7) is 13.2. The third-order valence-electron chi connectivity index (χ3n) is 7.16. The average molecular weight is 536 g/mol. The molecule has 7 nitrogen and oxygen atoms in total. The van der Waals surface area contributed by atoms with Crippen molar-refractivity contribution >= 4 is 31.3 Å². The van der Waals surface area contributed by atoms with Crippen LogP contribution in [0.1, 0.15) is 36.7 Å². The molecule has 0 saturated heterocycles. The van der Waals surface area contributed by atoms with Gasteiger partial charge in [0.2, 0.25) is 0 Å². The number of carbonyl (C=O) groups is 1. The van der Waals surface area contributed by atoms with Crippen LogP contribution in [0.2, 0.25) is 18.1 Å². The molecule has 3 rings (SSSR count). The second-order valence-electron chi connectivity index (χ2n) is 10.8. The fourth-order valence-electron chi connectivity index (χ4n) is 3.74. The molecule has 0 aromatic heterocycles. The van der Waals surface area contributed by atoms with Gasteiger partial charge in [0.1, 0.15) is 0 Å². The van der Waals surface area contributed by atoms with Crippen molar-refractivity contribution in [3.63, 3.8) is 0 Å². The van der Waals surface area contributed by atoms with E-state index < -0.39 is 8.32 Å². The van der Waals surface area contributed by atoms with Crippen LogP contribution in [-0.2, 0) is 11.0 Å². The van der Waals surface area contributed by atoms with Crippen LogP contribution in [0.3, 0.4) is 0 Å². The maximum atomic E-state index is 12.8. The Morgan fingerprint density at radius 3 is 2.21 bits per heavy atom. The maximum absolute atomic E-state index is 12.8. The SMILES string of the molecule is COc1ccc(N(CCO[Si](C)(C)C(C)(C)C)Cc2ccc(C(=O)Nc3ccccc3N)cc2)cc1OC. The fraction of sp³-hybridized carbons (Fsp3) is 0.367. The summed E-state index contributed by atoms with van der Waals surface area (Å²) in [6.07, 6.45) is 0. The predicted octanol–water partition coefficient (Wildman–Crippen LogP) is 6.57. The summed E-state index contributed by atoms with van der Waals surface area (Å²) in [7, 11) is 1.39. The summed E-state index contributed by atoms with van der Waals surface area (Å²) in [5.74, 6) is 1.16. The van der Waals surface area contributed by atoms with Gasteiger partial charge in [-0.1, -0.05) is 45.0 Å². The molecule has 8 heteroatoms. The number of nitrogens with one attached hydrogen (secondary N) is 1. The highest BCUT2D eigenvalue weighted by molar-refractivity contribution is 6.74. The quantitative estimate of drug-likeness (QED) is 0.213. The summed E-state index contributed by atoms with van der Waals surface area (Å²) in [4.78, 5) is 15.0. The van der Waals surface area contributed by atoms with Gasteiger partial charge in [-0.25, -0.2) is 0 Å². The lowest BCUT2D eigenvalue weighted by Gasteiger charge is -2.37. The highest BCUT2D eigenvalue weighted by atomic mass is 28.4. The van der Waals surface area contributed by atoms with Gasteiger partial charge in [0.05, 0.1) is 32.2 Å². The zero-order valence-electron chi connectivity index (χ0n) is 23.6. The maximum Gasteiger partial charge on any atom is 0.255 e. The number of nitrogens with zero attached hydrogens (tertiary/aromatic N) is 1. The van der Waals surface area contributed by atoms with Crippen molar-refractivity contribution in [3.05, 3.63) is 77.9 Å². The van der Waals surface area contributed by atoms with Crippen LogP contribution in [-0.4, -0.2) is 41.6 Å². The van der Waals surface area contributed by atoms with E-state index in [9.17, 15) is 4.79 Å². The largest absolute Gasteiger partial charge is 0.493 e. The van der Waals surface area contributed by atoms with Crippen molar-refractivity contribution in [1.82, 2.24) is 0 Å². The van der Waals surface area contributed by atoms with Gasteiger partial charge in [-0.05, 0) is 60.1 Å². The average Bonchev–Trinajstić information content (AvgIpc) is 2.88. The molecule has 0 aliphatic carbocycles. The van der Waals surface area contributed by atoms with Crippen LogP contribution in [0.5, 0.6) is 11.5 Å². The van der Waals surface area contributed by atoms with Crippen molar-refractivity contribution in [2.45, 2.75) is 45.4 Å². The lowest BCUT2D eigenvalue weighted by molar-refractivity contribution is 0.102. The number of amides is 1. The minimum absolute atomic E-state index is 0.141. The molecule has 0 aliphatic heterocycles. The molecule has 0 spiro atoms. The number of hydrogen-bond acceptors (Lipinski definition) is 6. The topological polar surface area (TPSA) is 86.1 Å². The van der Waals surface area contributed by atoms with E-state index in [1.54, 1.807) is 26.4 Å². The summed E-state index contributed by atoms with van der Waals surface area (Å²) in [5, 5.41) is 3.02. The second kappa shape index (κ2) is 12.4. The summed E-state index contributed by atoms with van der Waals surface area (Å²) in [5.41, 5.74) is 9.74. The van der Waals surface area contributed by atoms with Gasteiger partial charge in [0, 0.05) is 30.4 Å². The molecule has 0 radical (unpaired) electrons. The number of rotatable bonds is 11. The second-order valence-corrected chi connectivity index (χ2v) is 15.6. The molecule has 0 bridgehead atoms. The highest BCUT2D eigenvalue weighted by Crippen LogP contribution is 2.37. The van der Waals surface area contributed by atoms with Crippen LogP contribution in [0.25, 0.3) is 0 Å². The number of para-hydroxylation sites is 2. The number of nitrogen functional groups attached to an aromatic ring is 1. The van der Waals surface area contributed by atoms with Gasteiger partial charge < -0.3 is 29.9 Å². The minimum atomic E-state index is -1.88. The molecule has 0 heterocycles. The van der Waals surface area contributed by atoms with E-state index in [0.717, 1.165) is 11.3 Å². The number of methoxy groups -OCH3 is 2. The van der Waals surface area contributed by atoms with Gasteiger partial charge in [-0.15, -0.1) is 0 Å². The van der Waals surface area contributed by atoms with Gasteiger partial charge in [-0.2, -0.15) is 0 Å². The third-order valence-corrected chi connectivity index (χ3v) is 11.7. The number of nitrogens with two attached hydrogens (primary N) is 1. The standard InChI is InChI=1S/C30H41N3O4Si/c1-30(2,3)38(6,7)37-19-18-33(24-16-17-27(35-4)28(20-24)36-5)21-22-12-14-23(15-13-22)29(34)32-26-11-9-8-10-25(26)31/h8-17,20H,18-19,21,31H2,1-7H3,(H,32,34).